The van der Waals surface area contributed by atoms with Gasteiger partial charge in [-0.05, 0) is 45.3 Å². The second-order valence-corrected chi connectivity index (χ2v) is 4.86. The standard InChI is InChI=1S/C13H20N2O/c1-11(2)15-10-12(5-6-13(15)16)9-14-7-3-4-8-14/h5-6,10-11H,3-4,7-9H2,1-2H3. The van der Waals surface area contributed by atoms with Crippen LogP contribution in [0.5, 0.6) is 0 Å². The smallest absolute Gasteiger partial charge is 0.250 e. The van der Waals surface area contributed by atoms with Gasteiger partial charge in [-0.2, -0.15) is 0 Å². The molecule has 0 bridgehead atoms. The maximum Gasteiger partial charge on any atom is 0.250 e. The molecule has 1 aromatic rings. The Balaban J connectivity index is 2.15. The van der Waals surface area contributed by atoms with Crippen LogP contribution in [0.4, 0.5) is 0 Å². The molecule has 0 aliphatic carbocycles. The Bertz CT molecular complexity index is 403. The fourth-order valence-corrected chi connectivity index (χ4v) is 2.25. The fourth-order valence-electron chi connectivity index (χ4n) is 2.25. The molecule has 2 rings (SSSR count). The molecule has 0 aromatic carbocycles. The van der Waals surface area contributed by atoms with E-state index in [1.807, 2.05) is 30.7 Å². The number of nitrogens with zero attached hydrogens (tertiary/aromatic N) is 2. The van der Waals surface area contributed by atoms with E-state index in [-0.39, 0.29) is 11.6 Å². The Morgan fingerprint density at radius 1 is 1.25 bits per heavy atom. The molecule has 88 valence electrons. The van der Waals surface area contributed by atoms with Gasteiger partial charge in [-0.3, -0.25) is 9.69 Å². The van der Waals surface area contributed by atoms with Crippen LogP contribution in [0.2, 0.25) is 0 Å². The highest BCUT2D eigenvalue weighted by atomic mass is 16.1. The van der Waals surface area contributed by atoms with E-state index in [4.69, 9.17) is 0 Å². The molecule has 1 aliphatic heterocycles. The third-order valence-electron chi connectivity index (χ3n) is 3.16. The summed E-state index contributed by atoms with van der Waals surface area (Å²) >= 11 is 0. The van der Waals surface area contributed by atoms with Gasteiger partial charge in [0.25, 0.3) is 5.56 Å². The van der Waals surface area contributed by atoms with Crippen LogP contribution < -0.4 is 5.56 Å². The van der Waals surface area contributed by atoms with Crippen molar-refractivity contribution in [2.45, 2.75) is 39.3 Å². The zero-order chi connectivity index (χ0) is 11.5. The largest absolute Gasteiger partial charge is 0.313 e. The second-order valence-electron chi connectivity index (χ2n) is 4.86. The van der Waals surface area contributed by atoms with E-state index >= 15 is 0 Å². The van der Waals surface area contributed by atoms with Crippen molar-refractivity contribution in [1.29, 1.82) is 0 Å². The lowest BCUT2D eigenvalue weighted by molar-refractivity contribution is 0.330. The number of likely N-dealkylation sites (tertiary alicyclic amines) is 1. The lowest BCUT2D eigenvalue weighted by Crippen LogP contribution is -2.23. The van der Waals surface area contributed by atoms with Crippen molar-refractivity contribution in [2.75, 3.05) is 13.1 Å². The van der Waals surface area contributed by atoms with Crippen LogP contribution in [-0.4, -0.2) is 22.6 Å². The monoisotopic (exact) mass is 220 g/mol. The molecule has 2 heterocycles. The van der Waals surface area contributed by atoms with Crippen molar-refractivity contribution < 1.29 is 0 Å². The van der Waals surface area contributed by atoms with Gasteiger partial charge in [0.2, 0.25) is 0 Å². The minimum absolute atomic E-state index is 0.0974. The van der Waals surface area contributed by atoms with Gasteiger partial charge in [0.1, 0.15) is 0 Å². The maximum absolute atomic E-state index is 11.6. The Morgan fingerprint density at radius 2 is 1.94 bits per heavy atom. The number of hydrogen-bond donors (Lipinski definition) is 0. The number of aromatic nitrogens is 1. The molecule has 0 N–H and O–H groups in total. The van der Waals surface area contributed by atoms with Gasteiger partial charge in [0.15, 0.2) is 0 Å². The molecule has 16 heavy (non-hydrogen) atoms. The minimum atomic E-state index is 0.0974. The molecule has 3 nitrogen and oxygen atoms in total. The summed E-state index contributed by atoms with van der Waals surface area (Å²) in [7, 11) is 0. The molecule has 0 saturated carbocycles. The number of rotatable bonds is 3. The van der Waals surface area contributed by atoms with Crippen LogP contribution in [0.15, 0.2) is 23.1 Å². The van der Waals surface area contributed by atoms with Crippen LogP contribution >= 0.6 is 0 Å². The Kier molecular flexibility index (Phi) is 3.44. The molecule has 0 spiro atoms. The first-order chi connectivity index (χ1) is 7.66. The molecule has 1 aromatic heterocycles. The van der Waals surface area contributed by atoms with E-state index in [9.17, 15) is 4.79 Å². The van der Waals surface area contributed by atoms with E-state index < -0.39 is 0 Å². The number of pyridine rings is 1. The van der Waals surface area contributed by atoms with Crippen molar-refractivity contribution in [1.82, 2.24) is 9.47 Å². The summed E-state index contributed by atoms with van der Waals surface area (Å²) in [4.78, 5) is 14.0. The first-order valence-corrected chi connectivity index (χ1v) is 6.10. The predicted octanol–water partition coefficient (Wildman–Crippen LogP) is 2.02. The Labute approximate surface area is 96.7 Å². The Hall–Kier alpha value is -1.09. The SMILES string of the molecule is CC(C)n1cc(CN2CCCC2)ccc1=O. The highest BCUT2D eigenvalue weighted by Crippen LogP contribution is 2.12. The van der Waals surface area contributed by atoms with Gasteiger partial charge >= 0.3 is 0 Å². The summed E-state index contributed by atoms with van der Waals surface area (Å²) in [5.41, 5.74) is 1.34. The summed E-state index contributed by atoms with van der Waals surface area (Å²) in [6, 6.07) is 3.89. The minimum Gasteiger partial charge on any atom is -0.313 e. The molecular weight excluding hydrogens is 200 g/mol. The van der Waals surface area contributed by atoms with Crippen LogP contribution in [0.3, 0.4) is 0 Å². The lowest BCUT2D eigenvalue weighted by Gasteiger charge is -2.16. The predicted molar refractivity (Wildman–Crippen MR) is 65.6 cm³/mol. The molecule has 3 heteroatoms. The molecule has 0 unspecified atom stereocenters. The van der Waals surface area contributed by atoms with Crippen molar-refractivity contribution in [2.24, 2.45) is 0 Å². The third-order valence-corrected chi connectivity index (χ3v) is 3.16. The molecule has 0 amide bonds. The normalized spacial score (nSPS) is 17.2. The van der Waals surface area contributed by atoms with Gasteiger partial charge in [-0.25, -0.2) is 0 Å². The zero-order valence-corrected chi connectivity index (χ0v) is 10.1. The number of hydrogen-bond acceptors (Lipinski definition) is 2. The van der Waals surface area contributed by atoms with Crippen LogP contribution in [0.25, 0.3) is 0 Å². The van der Waals surface area contributed by atoms with Gasteiger partial charge in [0.05, 0.1) is 0 Å². The van der Waals surface area contributed by atoms with E-state index in [0.29, 0.717) is 0 Å². The van der Waals surface area contributed by atoms with Crippen molar-refractivity contribution in [3.63, 3.8) is 0 Å². The summed E-state index contributed by atoms with van der Waals surface area (Å²) in [6.07, 6.45) is 4.62. The van der Waals surface area contributed by atoms with Crippen LogP contribution in [0.1, 0.15) is 38.3 Å². The molecular formula is C13H20N2O. The van der Waals surface area contributed by atoms with Gasteiger partial charge < -0.3 is 4.57 Å². The fraction of sp³-hybridized carbons (Fsp3) is 0.615. The molecule has 1 aliphatic rings. The van der Waals surface area contributed by atoms with E-state index in [0.717, 1.165) is 6.54 Å². The highest BCUT2D eigenvalue weighted by molar-refractivity contribution is 5.10. The maximum atomic E-state index is 11.6. The van der Waals surface area contributed by atoms with Crippen LogP contribution in [-0.2, 0) is 6.54 Å². The van der Waals surface area contributed by atoms with Gasteiger partial charge in [0, 0.05) is 24.8 Å². The van der Waals surface area contributed by atoms with E-state index in [2.05, 4.69) is 4.90 Å². The summed E-state index contributed by atoms with van der Waals surface area (Å²) < 4.78 is 1.81. The average molecular weight is 220 g/mol. The highest BCUT2D eigenvalue weighted by Gasteiger charge is 2.12. The van der Waals surface area contributed by atoms with Crippen molar-refractivity contribution in [3.05, 3.63) is 34.2 Å². The summed E-state index contributed by atoms with van der Waals surface area (Å²) in [5.74, 6) is 0. The zero-order valence-electron chi connectivity index (χ0n) is 10.1. The molecule has 1 saturated heterocycles. The van der Waals surface area contributed by atoms with Gasteiger partial charge in [-0.1, -0.05) is 6.07 Å². The van der Waals surface area contributed by atoms with Crippen molar-refractivity contribution >= 4 is 0 Å². The first-order valence-electron chi connectivity index (χ1n) is 6.10. The molecule has 1 fully saturated rings. The van der Waals surface area contributed by atoms with Crippen LogP contribution in [0, 0.1) is 0 Å². The Morgan fingerprint density at radius 3 is 2.56 bits per heavy atom. The van der Waals surface area contributed by atoms with Gasteiger partial charge in [-0.15, -0.1) is 0 Å². The topological polar surface area (TPSA) is 25.2 Å². The quantitative estimate of drug-likeness (QED) is 0.778. The summed E-state index contributed by atoms with van der Waals surface area (Å²) in [6.45, 7) is 7.46. The first kappa shape index (κ1) is 11.4. The van der Waals surface area contributed by atoms with E-state index in [1.54, 1.807) is 6.07 Å². The van der Waals surface area contributed by atoms with Crippen molar-refractivity contribution in [3.8, 4) is 0 Å². The average Bonchev–Trinajstić information content (AvgIpc) is 2.73. The summed E-state index contributed by atoms with van der Waals surface area (Å²) in [5, 5.41) is 0. The second kappa shape index (κ2) is 4.83. The van der Waals surface area contributed by atoms with E-state index in [1.165, 1.54) is 31.5 Å². The lowest BCUT2D eigenvalue weighted by atomic mass is 10.2. The molecule has 0 atom stereocenters. The third kappa shape index (κ3) is 2.53. The molecule has 0 radical (unpaired) electrons.